The van der Waals surface area contributed by atoms with Crippen molar-refractivity contribution in [2.45, 2.75) is 78.6 Å². The lowest BCUT2D eigenvalue weighted by Crippen LogP contribution is -2.12. The van der Waals surface area contributed by atoms with E-state index in [0.29, 0.717) is 0 Å². The normalized spacial score (nSPS) is 13.3. The van der Waals surface area contributed by atoms with Crippen LogP contribution in [0.3, 0.4) is 0 Å². The number of unbranched alkanes of at least 4 members (excludes halogenated alkanes) is 1. The van der Waals surface area contributed by atoms with Gasteiger partial charge in [-0.25, -0.2) is 4.98 Å². The van der Waals surface area contributed by atoms with Crippen molar-refractivity contribution in [2.24, 2.45) is 0 Å². The van der Waals surface area contributed by atoms with Gasteiger partial charge in [0, 0.05) is 11.1 Å². The van der Waals surface area contributed by atoms with Crippen molar-refractivity contribution in [1.82, 2.24) is 14.4 Å². The highest BCUT2D eigenvalue weighted by Crippen LogP contribution is 2.55. The monoisotopic (exact) mass is 713 g/mol. The number of hydrogen-bond donors (Lipinski definition) is 0. The van der Waals surface area contributed by atoms with Crippen molar-refractivity contribution in [3.63, 3.8) is 0 Å². The van der Waals surface area contributed by atoms with Crippen molar-refractivity contribution < 1.29 is 0 Å². The first-order valence-electron chi connectivity index (χ1n) is 19.9. The van der Waals surface area contributed by atoms with E-state index in [1.165, 1.54) is 76.5 Å². The van der Waals surface area contributed by atoms with Crippen molar-refractivity contribution in [1.29, 1.82) is 0 Å². The molecule has 0 aliphatic rings. The Bertz CT molecular complexity index is 3390. The molecule has 0 unspecified atom stereocenters. The second kappa shape index (κ2) is 10.9. The molecule has 0 atom stereocenters. The summed E-state index contributed by atoms with van der Waals surface area (Å²) in [6.45, 7) is 16.0. The Hall–Kier alpha value is -5.87. The van der Waals surface area contributed by atoms with Gasteiger partial charge in [0.1, 0.15) is 11.2 Å². The van der Waals surface area contributed by atoms with Crippen molar-refractivity contribution in [2.75, 3.05) is 0 Å². The SMILES string of the molecule is CCCCc1cc2c(cn1)nc1c3c4cc(-c5ccccc5C(C)(C)C)c5ccc6ccc7c(-c8ccccc8C(C)(C)C)cc(c3c(=O)n21)c1c7c6c5c41. The van der Waals surface area contributed by atoms with Gasteiger partial charge in [0.15, 0.2) is 0 Å². The quantitative estimate of drug-likeness (QED) is 0.167. The van der Waals surface area contributed by atoms with Crippen molar-refractivity contribution >= 4 is 81.3 Å². The van der Waals surface area contributed by atoms with Crippen LogP contribution in [-0.4, -0.2) is 14.4 Å². The Balaban J connectivity index is 1.41. The van der Waals surface area contributed by atoms with E-state index in [1.54, 1.807) is 0 Å². The van der Waals surface area contributed by atoms with Gasteiger partial charge < -0.3 is 0 Å². The molecule has 3 heterocycles. The average Bonchev–Trinajstić information content (AvgIpc) is 3.82. The Labute approximate surface area is 319 Å². The van der Waals surface area contributed by atoms with Gasteiger partial charge >= 0.3 is 0 Å². The number of aromatic nitrogens is 3. The van der Waals surface area contributed by atoms with Gasteiger partial charge in [0.25, 0.3) is 5.56 Å². The molecule has 0 saturated heterocycles. The molecular formula is C51H43N3O. The summed E-state index contributed by atoms with van der Waals surface area (Å²) in [5.74, 6) is 0. The van der Waals surface area contributed by atoms with E-state index in [1.807, 2.05) is 10.6 Å². The topological polar surface area (TPSA) is 47.3 Å². The zero-order valence-electron chi connectivity index (χ0n) is 32.6. The lowest BCUT2D eigenvalue weighted by Gasteiger charge is -2.24. The third-order valence-corrected chi connectivity index (χ3v) is 12.5. The summed E-state index contributed by atoms with van der Waals surface area (Å²) < 4.78 is 1.89. The second-order valence-electron chi connectivity index (χ2n) is 18.0. The van der Waals surface area contributed by atoms with E-state index < -0.39 is 0 Å². The lowest BCUT2D eigenvalue weighted by atomic mass is 9.80. The average molecular weight is 714 g/mol. The molecule has 268 valence electrons. The minimum Gasteiger partial charge on any atom is -0.268 e. The van der Waals surface area contributed by atoms with Crippen LogP contribution < -0.4 is 5.56 Å². The maximum Gasteiger partial charge on any atom is 0.265 e. The highest BCUT2D eigenvalue weighted by molar-refractivity contribution is 6.50. The Morgan fingerprint density at radius 3 is 1.69 bits per heavy atom. The van der Waals surface area contributed by atoms with Gasteiger partial charge in [-0.3, -0.25) is 14.2 Å². The second-order valence-corrected chi connectivity index (χ2v) is 18.0. The molecule has 0 aliphatic heterocycles. The number of fused-ring (bicyclic) bond motifs is 7. The Kier molecular flexibility index (Phi) is 6.44. The van der Waals surface area contributed by atoms with Crippen LogP contribution in [0, 0.1) is 0 Å². The fraction of sp³-hybridized carbons (Fsp3) is 0.235. The summed E-state index contributed by atoms with van der Waals surface area (Å²) in [7, 11) is 0. The minimum absolute atomic E-state index is 0.00341. The molecule has 4 heteroatoms. The van der Waals surface area contributed by atoms with Gasteiger partial charge in [0.05, 0.1) is 17.1 Å². The van der Waals surface area contributed by atoms with Crippen LogP contribution in [0.4, 0.5) is 0 Å². The van der Waals surface area contributed by atoms with Crippen LogP contribution in [0.2, 0.25) is 0 Å². The van der Waals surface area contributed by atoms with Gasteiger partial charge in [-0.15, -0.1) is 0 Å². The molecule has 0 bridgehead atoms. The summed E-state index contributed by atoms with van der Waals surface area (Å²) in [5, 5.41) is 13.8. The molecular weight excluding hydrogens is 671 g/mol. The number of nitrogens with zero attached hydrogens (tertiary/aromatic N) is 3. The van der Waals surface area contributed by atoms with Gasteiger partial charge in [0.2, 0.25) is 0 Å². The summed E-state index contributed by atoms with van der Waals surface area (Å²) in [4.78, 5) is 25.4. The summed E-state index contributed by atoms with van der Waals surface area (Å²) in [6, 6.07) is 33.8. The molecule has 0 fully saturated rings. The van der Waals surface area contributed by atoms with E-state index in [-0.39, 0.29) is 16.4 Å². The van der Waals surface area contributed by atoms with E-state index in [4.69, 9.17) is 9.97 Å². The van der Waals surface area contributed by atoms with E-state index in [9.17, 15) is 0 Å². The van der Waals surface area contributed by atoms with Crippen LogP contribution in [-0.2, 0) is 17.3 Å². The minimum atomic E-state index is -0.0765. The molecule has 0 aliphatic carbocycles. The van der Waals surface area contributed by atoms with E-state index in [2.05, 4.69) is 139 Å². The number of pyridine rings is 1. The van der Waals surface area contributed by atoms with Gasteiger partial charge in [-0.2, -0.15) is 0 Å². The number of benzene rings is 7. The predicted octanol–water partition coefficient (Wildman–Crippen LogP) is 13.2. The molecule has 3 aromatic heterocycles. The standard InChI is InChI=1S/C51H43N3O/c1-8-9-14-28-23-40-39(26-52-28)53-48-46-35-24-33(29-15-10-12-17-37(29)50(2,3)4)31-21-19-27-20-22-32-34(30-16-11-13-18-38(30)51(5,6)7)25-36(47(46)49(55)54(40)48)45-43(32)41(27)42(31)44(35)45/h10-13,15-26H,8-9,14H2,1-7H3. The van der Waals surface area contributed by atoms with Crippen LogP contribution in [0.5, 0.6) is 0 Å². The molecule has 11 aromatic rings. The fourth-order valence-electron chi connectivity index (χ4n) is 10.1. The summed E-state index contributed by atoms with van der Waals surface area (Å²) in [6.07, 6.45) is 4.89. The number of imidazole rings is 1. The Morgan fingerprint density at radius 2 is 1.13 bits per heavy atom. The molecule has 8 aromatic carbocycles. The summed E-state index contributed by atoms with van der Waals surface area (Å²) >= 11 is 0. The molecule has 55 heavy (non-hydrogen) atoms. The van der Waals surface area contributed by atoms with Crippen LogP contribution in [0.1, 0.15) is 78.1 Å². The molecule has 11 rings (SSSR count). The first kappa shape index (κ1) is 32.6. The van der Waals surface area contributed by atoms with E-state index >= 15 is 4.79 Å². The van der Waals surface area contributed by atoms with Crippen LogP contribution in [0.25, 0.3) is 104 Å². The molecule has 4 nitrogen and oxygen atoms in total. The molecule has 0 saturated carbocycles. The number of hydrogen-bond acceptors (Lipinski definition) is 3. The first-order valence-corrected chi connectivity index (χ1v) is 19.9. The smallest absolute Gasteiger partial charge is 0.265 e. The third kappa shape index (κ3) is 4.26. The summed E-state index contributed by atoms with van der Waals surface area (Å²) in [5.41, 5.74) is 10.6. The third-order valence-electron chi connectivity index (χ3n) is 12.5. The molecule has 0 amide bonds. The van der Waals surface area contributed by atoms with Crippen molar-refractivity contribution in [3.05, 3.63) is 124 Å². The van der Waals surface area contributed by atoms with E-state index in [0.717, 1.165) is 63.2 Å². The first-order chi connectivity index (χ1) is 26.5. The molecule has 0 N–H and O–H groups in total. The van der Waals surface area contributed by atoms with Gasteiger partial charge in [-0.05, 0) is 129 Å². The fourth-order valence-corrected chi connectivity index (χ4v) is 10.1. The predicted molar refractivity (Wildman–Crippen MR) is 233 cm³/mol. The molecule has 0 radical (unpaired) electrons. The highest BCUT2D eigenvalue weighted by Gasteiger charge is 2.31. The highest BCUT2D eigenvalue weighted by atomic mass is 16.1. The largest absolute Gasteiger partial charge is 0.268 e. The lowest BCUT2D eigenvalue weighted by molar-refractivity contribution is 0.592. The van der Waals surface area contributed by atoms with Gasteiger partial charge in [-0.1, -0.05) is 128 Å². The van der Waals surface area contributed by atoms with Crippen LogP contribution in [0.15, 0.2) is 102 Å². The zero-order chi connectivity index (χ0) is 37.7. The number of aryl methyl sites for hydroxylation is 1. The zero-order valence-corrected chi connectivity index (χ0v) is 32.6. The maximum atomic E-state index is 15.3. The maximum absolute atomic E-state index is 15.3. The van der Waals surface area contributed by atoms with Crippen molar-refractivity contribution in [3.8, 4) is 22.3 Å². The number of rotatable bonds is 5. The van der Waals surface area contributed by atoms with Crippen LogP contribution >= 0.6 is 0 Å². The molecule has 0 spiro atoms. The Morgan fingerprint density at radius 1 is 0.582 bits per heavy atom.